The number of likely N-dealkylation sites (tertiary alicyclic amines) is 1. The van der Waals surface area contributed by atoms with Crippen LogP contribution in [0.25, 0.3) is 0 Å². The smallest absolute Gasteiger partial charge is 0.226 e. The van der Waals surface area contributed by atoms with Crippen LogP contribution in [0.5, 0.6) is 0 Å². The number of carbonyl (C=O) groups excluding carboxylic acids is 2. The summed E-state index contributed by atoms with van der Waals surface area (Å²) in [5, 5.41) is 3.21. The molecule has 5 nitrogen and oxygen atoms in total. The summed E-state index contributed by atoms with van der Waals surface area (Å²) in [7, 11) is 0. The van der Waals surface area contributed by atoms with Crippen LogP contribution in [0.1, 0.15) is 45.1 Å². The van der Waals surface area contributed by atoms with E-state index in [9.17, 15) is 9.59 Å². The molecule has 0 aliphatic carbocycles. The van der Waals surface area contributed by atoms with Gasteiger partial charge < -0.3 is 15.0 Å². The minimum Gasteiger partial charge on any atom is -0.377 e. The third kappa shape index (κ3) is 5.32. The molecule has 2 fully saturated rings. The second kappa shape index (κ2) is 9.36. The average Bonchev–Trinajstić information content (AvgIpc) is 3.18. The van der Waals surface area contributed by atoms with Crippen LogP contribution in [-0.4, -0.2) is 48.6 Å². The number of rotatable bonds is 6. The maximum atomic E-state index is 12.6. The first-order valence-corrected chi connectivity index (χ1v) is 10.3. The SMILES string of the molecule is CC(C)C1OCCC1C(=O)NC1CCN(C(=O)CCc2ccccc2)CC1. The molecule has 3 rings (SSSR count). The molecule has 2 saturated heterocycles. The van der Waals surface area contributed by atoms with Gasteiger partial charge >= 0.3 is 0 Å². The normalized spacial score (nSPS) is 23.6. The van der Waals surface area contributed by atoms with E-state index in [4.69, 9.17) is 4.74 Å². The predicted octanol–water partition coefficient (Wildman–Crippen LogP) is 2.79. The molecule has 0 aromatic heterocycles. The molecule has 0 radical (unpaired) electrons. The van der Waals surface area contributed by atoms with Gasteiger partial charge in [-0.1, -0.05) is 44.2 Å². The summed E-state index contributed by atoms with van der Waals surface area (Å²) in [6.45, 7) is 6.35. The van der Waals surface area contributed by atoms with Crippen LogP contribution in [-0.2, 0) is 20.7 Å². The van der Waals surface area contributed by atoms with Gasteiger partial charge in [0, 0.05) is 32.2 Å². The van der Waals surface area contributed by atoms with Gasteiger partial charge in [0.1, 0.15) is 0 Å². The van der Waals surface area contributed by atoms with E-state index in [1.165, 1.54) is 5.56 Å². The highest BCUT2D eigenvalue weighted by Crippen LogP contribution is 2.27. The third-order valence-electron chi connectivity index (χ3n) is 5.79. The molecule has 0 spiro atoms. The Labute approximate surface area is 162 Å². The van der Waals surface area contributed by atoms with Gasteiger partial charge in [0.05, 0.1) is 12.0 Å². The fraction of sp³-hybridized carbons (Fsp3) is 0.636. The molecule has 2 atom stereocenters. The number of amides is 2. The maximum absolute atomic E-state index is 12.6. The molecule has 2 heterocycles. The van der Waals surface area contributed by atoms with Gasteiger partial charge in [0.25, 0.3) is 0 Å². The summed E-state index contributed by atoms with van der Waals surface area (Å²) in [6.07, 6.45) is 3.85. The minimum absolute atomic E-state index is 0.0319. The second-order valence-electron chi connectivity index (χ2n) is 8.12. The molecule has 0 saturated carbocycles. The molecule has 27 heavy (non-hydrogen) atoms. The number of piperidine rings is 1. The molecule has 1 aromatic carbocycles. The number of nitrogens with one attached hydrogen (secondary N) is 1. The Morgan fingerprint density at radius 3 is 2.52 bits per heavy atom. The number of hydrogen-bond acceptors (Lipinski definition) is 3. The number of aryl methyl sites for hydroxylation is 1. The summed E-state index contributed by atoms with van der Waals surface area (Å²) >= 11 is 0. The summed E-state index contributed by atoms with van der Waals surface area (Å²) in [6, 6.07) is 10.3. The monoisotopic (exact) mass is 372 g/mol. The fourth-order valence-corrected chi connectivity index (χ4v) is 4.18. The van der Waals surface area contributed by atoms with Crippen molar-refractivity contribution in [2.75, 3.05) is 19.7 Å². The number of hydrogen-bond donors (Lipinski definition) is 1. The van der Waals surface area contributed by atoms with Crippen molar-refractivity contribution in [1.29, 1.82) is 0 Å². The van der Waals surface area contributed by atoms with Crippen LogP contribution < -0.4 is 5.32 Å². The molecule has 2 aliphatic heterocycles. The first-order valence-electron chi connectivity index (χ1n) is 10.3. The van der Waals surface area contributed by atoms with Crippen molar-refractivity contribution in [3.63, 3.8) is 0 Å². The number of carbonyl (C=O) groups is 2. The third-order valence-corrected chi connectivity index (χ3v) is 5.79. The average molecular weight is 373 g/mol. The van der Waals surface area contributed by atoms with Crippen LogP contribution in [0.4, 0.5) is 0 Å². The highest BCUT2D eigenvalue weighted by Gasteiger charge is 2.37. The van der Waals surface area contributed by atoms with Gasteiger partial charge in [-0.3, -0.25) is 9.59 Å². The van der Waals surface area contributed by atoms with Gasteiger partial charge in [-0.2, -0.15) is 0 Å². The molecule has 2 unspecified atom stereocenters. The summed E-state index contributed by atoms with van der Waals surface area (Å²) in [5.74, 6) is 0.663. The Bertz CT molecular complexity index is 624. The van der Waals surface area contributed by atoms with Crippen molar-refractivity contribution >= 4 is 11.8 Å². The van der Waals surface area contributed by atoms with E-state index in [-0.39, 0.29) is 29.9 Å². The zero-order valence-corrected chi connectivity index (χ0v) is 16.5. The summed E-state index contributed by atoms with van der Waals surface area (Å²) in [5.41, 5.74) is 1.20. The van der Waals surface area contributed by atoms with Crippen LogP contribution in [0.15, 0.2) is 30.3 Å². The van der Waals surface area contributed by atoms with Crippen molar-refractivity contribution in [2.45, 2.75) is 58.1 Å². The van der Waals surface area contributed by atoms with Gasteiger partial charge in [0.2, 0.25) is 11.8 Å². The van der Waals surface area contributed by atoms with Crippen LogP contribution >= 0.6 is 0 Å². The predicted molar refractivity (Wildman–Crippen MR) is 105 cm³/mol. The topological polar surface area (TPSA) is 58.6 Å². The van der Waals surface area contributed by atoms with Crippen LogP contribution in [0.2, 0.25) is 0 Å². The molecular weight excluding hydrogens is 340 g/mol. The first kappa shape index (κ1) is 19.9. The minimum atomic E-state index is -0.0319. The molecule has 2 amide bonds. The van der Waals surface area contributed by atoms with E-state index in [0.717, 1.165) is 38.8 Å². The Hall–Kier alpha value is -1.88. The lowest BCUT2D eigenvalue weighted by Gasteiger charge is -2.33. The molecular formula is C22H32N2O3. The van der Waals surface area contributed by atoms with E-state index in [1.807, 2.05) is 23.1 Å². The summed E-state index contributed by atoms with van der Waals surface area (Å²) < 4.78 is 5.74. The Kier molecular flexibility index (Phi) is 6.89. The number of nitrogens with zero attached hydrogens (tertiary/aromatic N) is 1. The molecule has 1 aromatic rings. The fourth-order valence-electron chi connectivity index (χ4n) is 4.18. The van der Waals surface area contributed by atoms with Gasteiger partial charge in [0.15, 0.2) is 0 Å². The zero-order valence-electron chi connectivity index (χ0n) is 16.5. The van der Waals surface area contributed by atoms with E-state index in [0.29, 0.717) is 18.9 Å². The lowest BCUT2D eigenvalue weighted by atomic mass is 9.91. The quantitative estimate of drug-likeness (QED) is 0.835. The molecule has 5 heteroatoms. The molecule has 1 N–H and O–H groups in total. The Morgan fingerprint density at radius 2 is 1.85 bits per heavy atom. The largest absolute Gasteiger partial charge is 0.377 e. The highest BCUT2D eigenvalue weighted by atomic mass is 16.5. The number of ether oxygens (including phenoxy) is 1. The molecule has 2 aliphatic rings. The summed E-state index contributed by atoms with van der Waals surface area (Å²) in [4.78, 5) is 27.0. The van der Waals surface area contributed by atoms with Crippen LogP contribution in [0.3, 0.4) is 0 Å². The van der Waals surface area contributed by atoms with Crippen molar-refractivity contribution in [1.82, 2.24) is 10.2 Å². The lowest BCUT2D eigenvalue weighted by molar-refractivity contribution is -0.132. The lowest BCUT2D eigenvalue weighted by Crippen LogP contribution is -2.49. The molecule has 0 bridgehead atoms. The standard InChI is InChI=1S/C22H32N2O3/c1-16(2)21-19(12-15-27-21)22(26)23-18-10-13-24(14-11-18)20(25)9-8-17-6-4-3-5-7-17/h3-7,16,18-19,21H,8-15H2,1-2H3,(H,23,26). The van der Waals surface area contributed by atoms with Gasteiger partial charge in [-0.05, 0) is 37.2 Å². The van der Waals surface area contributed by atoms with Crippen molar-refractivity contribution in [3.8, 4) is 0 Å². The van der Waals surface area contributed by atoms with Crippen molar-refractivity contribution in [3.05, 3.63) is 35.9 Å². The zero-order chi connectivity index (χ0) is 19.2. The maximum Gasteiger partial charge on any atom is 0.226 e. The van der Waals surface area contributed by atoms with Crippen LogP contribution in [0, 0.1) is 11.8 Å². The highest BCUT2D eigenvalue weighted by molar-refractivity contribution is 5.80. The Morgan fingerprint density at radius 1 is 1.15 bits per heavy atom. The Balaban J connectivity index is 1.40. The van der Waals surface area contributed by atoms with E-state index >= 15 is 0 Å². The van der Waals surface area contributed by atoms with Gasteiger partial charge in [-0.15, -0.1) is 0 Å². The number of benzene rings is 1. The van der Waals surface area contributed by atoms with Crippen molar-refractivity contribution < 1.29 is 14.3 Å². The van der Waals surface area contributed by atoms with E-state index in [2.05, 4.69) is 31.3 Å². The van der Waals surface area contributed by atoms with Crippen molar-refractivity contribution in [2.24, 2.45) is 11.8 Å². The second-order valence-corrected chi connectivity index (χ2v) is 8.12. The molecule has 148 valence electrons. The van der Waals surface area contributed by atoms with E-state index in [1.54, 1.807) is 0 Å². The van der Waals surface area contributed by atoms with Gasteiger partial charge in [-0.25, -0.2) is 0 Å². The van der Waals surface area contributed by atoms with E-state index < -0.39 is 0 Å². The first-order chi connectivity index (χ1) is 13.0.